The minimum Gasteiger partial charge on any atom is -0.484 e. The number of ether oxygens (including phenoxy) is 2. The largest absolute Gasteiger partial charge is 0.484 e. The monoisotopic (exact) mass is 292 g/mol. The number of nitrogens with two attached hydrogens (primary N) is 1. The van der Waals surface area contributed by atoms with Crippen molar-refractivity contribution in [1.82, 2.24) is 4.90 Å². The lowest BCUT2D eigenvalue weighted by molar-refractivity contribution is -0.145. The molecule has 1 saturated heterocycles. The van der Waals surface area contributed by atoms with Gasteiger partial charge in [0, 0.05) is 18.7 Å². The van der Waals surface area contributed by atoms with Crippen molar-refractivity contribution >= 4 is 11.8 Å². The van der Waals surface area contributed by atoms with Crippen molar-refractivity contribution in [2.24, 2.45) is 5.73 Å². The summed E-state index contributed by atoms with van der Waals surface area (Å²) in [6, 6.07) is 6.39. The Morgan fingerprint density at radius 1 is 1.24 bits per heavy atom. The third-order valence-corrected chi connectivity index (χ3v) is 3.27. The number of amides is 2. The van der Waals surface area contributed by atoms with Gasteiger partial charge in [-0.05, 0) is 38.1 Å². The van der Waals surface area contributed by atoms with E-state index in [0.717, 1.165) is 0 Å². The zero-order valence-electron chi connectivity index (χ0n) is 12.2. The van der Waals surface area contributed by atoms with Crippen LogP contribution in [0.25, 0.3) is 0 Å². The third-order valence-electron chi connectivity index (χ3n) is 3.27. The van der Waals surface area contributed by atoms with E-state index in [0.29, 0.717) is 24.4 Å². The Bertz CT molecular complexity index is 505. The molecule has 2 unspecified atom stereocenters. The van der Waals surface area contributed by atoms with Crippen molar-refractivity contribution in [2.75, 3.05) is 19.7 Å². The molecule has 2 rings (SSSR count). The SMILES string of the molecule is CC1CN(C(=O)COc2ccc(C(N)=O)cc2)CC(C)O1. The van der Waals surface area contributed by atoms with Crippen LogP contribution < -0.4 is 10.5 Å². The maximum Gasteiger partial charge on any atom is 0.260 e. The molecule has 2 amide bonds. The van der Waals surface area contributed by atoms with Gasteiger partial charge in [-0.15, -0.1) is 0 Å². The lowest BCUT2D eigenvalue weighted by atomic mass is 10.2. The first kappa shape index (κ1) is 15.3. The van der Waals surface area contributed by atoms with Gasteiger partial charge in [0.15, 0.2) is 6.61 Å². The molecule has 0 radical (unpaired) electrons. The van der Waals surface area contributed by atoms with Gasteiger partial charge in [0.1, 0.15) is 5.75 Å². The van der Waals surface area contributed by atoms with Crippen molar-refractivity contribution in [3.05, 3.63) is 29.8 Å². The van der Waals surface area contributed by atoms with Crippen LogP contribution in [0.3, 0.4) is 0 Å². The minimum atomic E-state index is -0.492. The molecule has 1 aromatic carbocycles. The maximum atomic E-state index is 12.1. The second-order valence-corrected chi connectivity index (χ2v) is 5.23. The topological polar surface area (TPSA) is 81.9 Å². The van der Waals surface area contributed by atoms with Gasteiger partial charge in [0.2, 0.25) is 5.91 Å². The number of nitrogens with zero attached hydrogens (tertiary/aromatic N) is 1. The van der Waals surface area contributed by atoms with Crippen molar-refractivity contribution in [3.63, 3.8) is 0 Å². The van der Waals surface area contributed by atoms with E-state index in [9.17, 15) is 9.59 Å². The van der Waals surface area contributed by atoms with Crippen molar-refractivity contribution < 1.29 is 19.1 Å². The second-order valence-electron chi connectivity index (χ2n) is 5.23. The molecule has 1 aliphatic heterocycles. The average molecular weight is 292 g/mol. The van der Waals surface area contributed by atoms with Gasteiger partial charge in [-0.2, -0.15) is 0 Å². The Balaban J connectivity index is 1.87. The van der Waals surface area contributed by atoms with Crippen LogP contribution in [0.5, 0.6) is 5.75 Å². The molecule has 0 aromatic heterocycles. The highest BCUT2D eigenvalue weighted by Gasteiger charge is 2.25. The summed E-state index contributed by atoms with van der Waals surface area (Å²) in [7, 11) is 0. The standard InChI is InChI=1S/C15H20N2O4/c1-10-7-17(8-11(2)21-10)14(18)9-20-13-5-3-12(4-6-13)15(16)19/h3-6,10-11H,7-9H2,1-2H3,(H2,16,19). The summed E-state index contributed by atoms with van der Waals surface area (Å²) in [6.45, 7) is 5.01. The van der Waals surface area contributed by atoms with Gasteiger partial charge < -0.3 is 20.1 Å². The van der Waals surface area contributed by atoms with Gasteiger partial charge in [0.25, 0.3) is 5.91 Å². The summed E-state index contributed by atoms with van der Waals surface area (Å²) < 4.78 is 11.0. The number of carbonyl (C=O) groups excluding carboxylic acids is 2. The fourth-order valence-electron chi connectivity index (χ4n) is 2.33. The van der Waals surface area contributed by atoms with E-state index in [4.69, 9.17) is 15.2 Å². The van der Waals surface area contributed by atoms with Crippen LogP contribution in [-0.2, 0) is 9.53 Å². The highest BCUT2D eigenvalue weighted by atomic mass is 16.5. The zero-order valence-corrected chi connectivity index (χ0v) is 12.2. The van der Waals surface area contributed by atoms with Crippen LogP contribution in [-0.4, -0.2) is 48.6 Å². The molecule has 114 valence electrons. The second kappa shape index (κ2) is 6.58. The molecule has 1 heterocycles. The minimum absolute atomic E-state index is 0.0324. The van der Waals surface area contributed by atoms with Crippen LogP contribution in [0.2, 0.25) is 0 Å². The van der Waals surface area contributed by atoms with Gasteiger partial charge in [-0.1, -0.05) is 0 Å². The number of primary amides is 1. The number of hydrogen-bond donors (Lipinski definition) is 1. The highest BCUT2D eigenvalue weighted by molar-refractivity contribution is 5.92. The van der Waals surface area contributed by atoms with Crippen LogP contribution in [0.15, 0.2) is 24.3 Å². The summed E-state index contributed by atoms with van der Waals surface area (Å²) in [5.41, 5.74) is 5.56. The van der Waals surface area contributed by atoms with E-state index in [-0.39, 0.29) is 24.7 Å². The number of benzene rings is 1. The average Bonchev–Trinajstić information content (AvgIpc) is 2.44. The molecule has 1 fully saturated rings. The van der Waals surface area contributed by atoms with E-state index in [1.54, 1.807) is 29.2 Å². The molecule has 1 aliphatic rings. The zero-order chi connectivity index (χ0) is 15.4. The summed E-state index contributed by atoms with van der Waals surface area (Å²) in [6.07, 6.45) is 0.0695. The first-order valence-electron chi connectivity index (χ1n) is 6.91. The van der Waals surface area contributed by atoms with E-state index in [1.807, 2.05) is 13.8 Å². The molecule has 2 N–H and O–H groups in total. The molecular weight excluding hydrogens is 272 g/mol. The number of morpholine rings is 1. The van der Waals surface area contributed by atoms with Crippen molar-refractivity contribution in [3.8, 4) is 5.75 Å². The number of hydrogen-bond acceptors (Lipinski definition) is 4. The Kier molecular flexibility index (Phi) is 4.80. The Morgan fingerprint density at radius 2 is 1.81 bits per heavy atom. The fourth-order valence-corrected chi connectivity index (χ4v) is 2.33. The maximum absolute atomic E-state index is 12.1. The first-order valence-corrected chi connectivity index (χ1v) is 6.91. The van der Waals surface area contributed by atoms with E-state index in [1.165, 1.54) is 0 Å². The highest BCUT2D eigenvalue weighted by Crippen LogP contribution is 2.14. The van der Waals surface area contributed by atoms with Crippen LogP contribution >= 0.6 is 0 Å². The number of rotatable bonds is 4. The molecule has 1 aromatic rings. The van der Waals surface area contributed by atoms with Crippen molar-refractivity contribution in [2.45, 2.75) is 26.1 Å². The molecular formula is C15H20N2O4. The van der Waals surface area contributed by atoms with Crippen LogP contribution in [0.4, 0.5) is 0 Å². The predicted molar refractivity (Wildman–Crippen MR) is 77.0 cm³/mol. The summed E-state index contributed by atoms with van der Waals surface area (Å²) in [5.74, 6) is -0.0346. The Hall–Kier alpha value is -2.08. The Morgan fingerprint density at radius 3 is 2.33 bits per heavy atom. The molecule has 6 nitrogen and oxygen atoms in total. The fraction of sp³-hybridized carbons (Fsp3) is 0.467. The first-order chi connectivity index (χ1) is 9.95. The van der Waals surface area contributed by atoms with Gasteiger partial charge in [0.05, 0.1) is 12.2 Å². The predicted octanol–water partition coefficient (Wildman–Crippen LogP) is 0.800. The summed E-state index contributed by atoms with van der Waals surface area (Å²) in [4.78, 5) is 24.8. The molecule has 2 atom stereocenters. The molecule has 21 heavy (non-hydrogen) atoms. The molecule has 0 bridgehead atoms. The van der Waals surface area contributed by atoms with Crippen LogP contribution in [0, 0.1) is 0 Å². The lowest BCUT2D eigenvalue weighted by Gasteiger charge is -2.35. The van der Waals surface area contributed by atoms with Gasteiger partial charge >= 0.3 is 0 Å². The number of carbonyl (C=O) groups is 2. The lowest BCUT2D eigenvalue weighted by Crippen LogP contribution is -2.49. The van der Waals surface area contributed by atoms with Gasteiger partial charge in [-0.3, -0.25) is 9.59 Å². The third kappa shape index (κ3) is 4.19. The normalized spacial score (nSPS) is 21.9. The summed E-state index contributed by atoms with van der Waals surface area (Å²) in [5, 5.41) is 0. The van der Waals surface area contributed by atoms with Crippen LogP contribution in [0.1, 0.15) is 24.2 Å². The summed E-state index contributed by atoms with van der Waals surface area (Å²) >= 11 is 0. The van der Waals surface area contributed by atoms with E-state index < -0.39 is 5.91 Å². The van der Waals surface area contributed by atoms with Crippen molar-refractivity contribution in [1.29, 1.82) is 0 Å². The molecule has 6 heteroatoms. The quantitative estimate of drug-likeness (QED) is 0.890. The molecule has 0 saturated carbocycles. The smallest absolute Gasteiger partial charge is 0.260 e. The van der Waals surface area contributed by atoms with E-state index in [2.05, 4.69) is 0 Å². The Labute approximate surface area is 123 Å². The van der Waals surface area contributed by atoms with Gasteiger partial charge in [-0.25, -0.2) is 0 Å². The molecule has 0 aliphatic carbocycles. The molecule has 0 spiro atoms. The van der Waals surface area contributed by atoms with E-state index >= 15 is 0 Å².